The Labute approximate surface area is 232 Å². The molecule has 0 spiro atoms. The van der Waals surface area contributed by atoms with Crippen LogP contribution in [0.4, 0.5) is 0 Å². The molecule has 2 saturated carbocycles. The van der Waals surface area contributed by atoms with Crippen LogP contribution in [-0.4, -0.2) is 35.2 Å². The number of carbonyl (C=O) groups excluding carboxylic acids is 1. The fourth-order valence-electron chi connectivity index (χ4n) is 5.41. The Morgan fingerprint density at radius 2 is 1.70 bits per heavy atom. The number of benzene rings is 2. The van der Waals surface area contributed by atoms with E-state index in [-0.39, 0.29) is 11.9 Å². The summed E-state index contributed by atoms with van der Waals surface area (Å²) in [4.78, 5) is 21.6. The zero-order valence-corrected chi connectivity index (χ0v) is 23.9. The van der Waals surface area contributed by atoms with Crippen LogP contribution in [-0.2, 0) is 11.4 Å². The minimum atomic E-state index is 0.0849. The van der Waals surface area contributed by atoms with E-state index in [4.69, 9.17) is 14.5 Å². The molecule has 0 atom stereocenters. The predicted molar refractivity (Wildman–Crippen MR) is 155 cm³/mol. The van der Waals surface area contributed by atoms with Crippen LogP contribution in [0.3, 0.4) is 0 Å². The number of methoxy groups -OCH3 is 1. The van der Waals surface area contributed by atoms with Crippen LogP contribution in [0.5, 0.6) is 11.5 Å². The van der Waals surface area contributed by atoms with Gasteiger partial charge in [0.25, 0.3) is 5.91 Å². The van der Waals surface area contributed by atoms with Crippen LogP contribution in [0.25, 0.3) is 6.08 Å². The van der Waals surface area contributed by atoms with Crippen molar-refractivity contribution in [2.24, 2.45) is 4.99 Å². The van der Waals surface area contributed by atoms with Crippen molar-refractivity contribution in [2.45, 2.75) is 82.9 Å². The van der Waals surface area contributed by atoms with Crippen LogP contribution in [0.2, 0.25) is 0 Å². The predicted octanol–water partition coefficient (Wildman–Crippen LogP) is 7.97. The molecule has 2 aromatic rings. The summed E-state index contributed by atoms with van der Waals surface area (Å²) in [6, 6.07) is 14.5. The topological polar surface area (TPSA) is 51.1 Å². The largest absolute Gasteiger partial charge is 0.493 e. The van der Waals surface area contributed by atoms with Gasteiger partial charge in [0.05, 0.1) is 18.1 Å². The van der Waals surface area contributed by atoms with Crippen molar-refractivity contribution in [1.29, 1.82) is 0 Å². The van der Waals surface area contributed by atoms with Gasteiger partial charge in [-0.25, -0.2) is 0 Å². The summed E-state index contributed by atoms with van der Waals surface area (Å²) in [6.07, 6.45) is 13.7. The zero-order chi connectivity index (χ0) is 25.6. The molecule has 0 radical (unpaired) electrons. The maximum Gasteiger partial charge on any atom is 0.267 e. The van der Waals surface area contributed by atoms with Crippen molar-refractivity contribution in [3.8, 4) is 11.5 Å². The standard InChI is InChI=1S/C30H35BrN2O3S/c1-35-26-17-22(25(31)19-27(26)36-20-21-11-5-2-6-12-21)18-28-29(34)33(24-15-9-4-10-16-24)30(37-28)32-23-13-7-3-8-14-23/h2,5-6,11-12,17-19,23-24H,3-4,7-10,13-16,20H2,1H3. The maximum absolute atomic E-state index is 13.7. The van der Waals surface area contributed by atoms with Crippen molar-refractivity contribution in [3.05, 3.63) is 63.0 Å². The van der Waals surface area contributed by atoms with E-state index in [9.17, 15) is 4.79 Å². The third-order valence-corrected chi connectivity index (χ3v) is 9.13. The first-order valence-corrected chi connectivity index (χ1v) is 15.1. The first kappa shape index (κ1) is 26.4. The highest BCUT2D eigenvalue weighted by atomic mass is 79.9. The minimum absolute atomic E-state index is 0.0849. The molecule has 1 saturated heterocycles. The van der Waals surface area contributed by atoms with Crippen LogP contribution in [0, 0.1) is 0 Å². The number of amidine groups is 1. The van der Waals surface area contributed by atoms with Gasteiger partial charge >= 0.3 is 0 Å². The lowest BCUT2D eigenvalue weighted by atomic mass is 9.94. The third-order valence-electron chi connectivity index (χ3n) is 7.45. The SMILES string of the molecule is COc1cc(C=C2SC(=NC3CCCCC3)N(C3CCCCC3)C2=O)c(Br)cc1OCc1ccccc1. The Kier molecular flexibility index (Phi) is 8.93. The molecule has 2 aromatic carbocycles. The van der Waals surface area contributed by atoms with Gasteiger partial charge in [-0.15, -0.1) is 0 Å². The number of hydrogen-bond donors (Lipinski definition) is 0. The number of carbonyl (C=O) groups is 1. The molecule has 3 aliphatic rings. The van der Waals surface area contributed by atoms with E-state index in [1.54, 1.807) is 7.11 Å². The van der Waals surface area contributed by atoms with Gasteiger partial charge in [0, 0.05) is 10.5 Å². The Hall–Kier alpha value is -2.25. The summed E-state index contributed by atoms with van der Waals surface area (Å²) in [7, 11) is 1.64. The molecule has 0 N–H and O–H groups in total. The van der Waals surface area contributed by atoms with Gasteiger partial charge in [0.1, 0.15) is 6.61 Å². The quantitative estimate of drug-likeness (QED) is 0.310. The van der Waals surface area contributed by atoms with Gasteiger partial charge in [-0.2, -0.15) is 0 Å². The number of rotatable bonds is 7. The minimum Gasteiger partial charge on any atom is -0.493 e. The summed E-state index contributed by atoms with van der Waals surface area (Å²) < 4.78 is 12.6. The molecule has 0 bridgehead atoms. The monoisotopic (exact) mass is 582 g/mol. The fourth-order valence-corrected chi connectivity index (χ4v) is 6.95. The normalized spacial score (nSPS) is 21.7. The van der Waals surface area contributed by atoms with Crippen molar-refractivity contribution >= 4 is 44.8 Å². The number of amides is 1. The van der Waals surface area contributed by atoms with E-state index in [2.05, 4.69) is 15.9 Å². The first-order chi connectivity index (χ1) is 18.1. The average molecular weight is 584 g/mol. The molecule has 5 nitrogen and oxygen atoms in total. The lowest BCUT2D eigenvalue weighted by Gasteiger charge is -2.31. The van der Waals surface area contributed by atoms with Gasteiger partial charge in [-0.3, -0.25) is 14.7 Å². The molecule has 0 unspecified atom stereocenters. The molecule has 1 amide bonds. The number of ether oxygens (including phenoxy) is 2. The van der Waals surface area contributed by atoms with Gasteiger partial charge < -0.3 is 9.47 Å². The van der Waals surface area contributed by atoms with Gasteiger partial charge in [-0.1, -0.05) is 84.8 Å². The third kappa shape index (κ3) is 6.43. The number of nitrogens with zero attached hydrogens (tertiary/aromatic N) is 2. The van der Waals surface area contributed by atoms with Crippen molar-refractivity contribution in [3.63, 3.8) is 0 Å². The highest BCUT2D eigenvalue weighted by Gasteiger charge is 2.39. The van der Waals surface area contributed by atoms with E-state index >= 15 is 0 Å². The molecular weight excluding hydrogens is 548 g/mol. The molecule has 2 aliphatic carbocycles. The molecule has 37 heavy (non-hydrogen) atoms. The van der Waals surface area contributed by atoms with Crippen molar-refractivity contribution < 1.29 is 14.3 Å². The van der Waals surface area contributed by atoms with E-state index in [0.29, 0.717) is 24.1 Å². The van der Waals surface area contributed by atoms with Crippen LogP contribution >= 0.6 is 27.7 Å². The smallest absolute Gasteiger partial charge is 0.267 e. The van der Waals surface area contributed by atoms with Crippen LogP contribution in [0.15, 0.2) is 56.8 Å². The summed E-state index contributed by atoms with van der Waals surface area (Å²) in [5, 5.41) is 0.904. The molecule has 7 heteroatoms. The Morgan fingerprint density at radius 3 is 2.41 bits per heavy atom. The molecule has 3 fully saturated rings. The second kappa shape index (κ2) is 12.5. The lowest BCUT2D eigenvalue weighted by molar-refractivity contribution is -0.124. The molecule has 5 rings (SSSR count). The highest BCUT2D eigenvalue weighted by molar-refractivity contribution is 9.10. The molecular formula is C30H35BrN2O3S. The van der Waals surface area contributed by atoms with Gasteiger partial charge in [-0.05, 0) is 66.8 Å². The zero-order valence-electron chi connectivity index (χ0n) is 21.5. The summed E-state index contributed by atoms with van der Waals surface area (Å²) >= 11 is 5.24. The van der Waals surface area contributed by atoms with E-state index in [1.165, 1.54) is 50.3 Å². The second-order valence-electron chi connectivity index (χ2n) is 10.1. The number of hydrogen-bond acceptors (Lipinski definition) is 5. The summed E-state index contributed by atoms with van der Waals surface area (Å²) in [5.41, 5.74) is 1.98. The maximum atomic E-state index is 13.7. The number of thioether (sulfide) groups is 1. The Bertz CT molecular complexity index is 1150. The van der Waals surface area contributed by atoms with Crippen LogP contribution < -0.4 is 9.47 Å². The second-order valence-corrected chi connectivity index (χ2v) is 11.9. The van der Waals surface area contributed by atoms with Crippen LogP contribution in [0.1, 0.15) is 75.3 Å². The lowest BCUT2D eigenvalue weighted by Crippen LogP contribution is -2.41. The molecule has 0 aromatic heterocycles. The number of halogens is 1. The fraction of sp³-hybridized carbons (Fsp3) is 0.467. The Balaban J connectivity index is 1.40. The molecule has 1 heterocycles. The summed E-state index contributed by atoms with van der Waals surface area (Å²) in [5.74, 6) is 1.39. The van der Waals surface area contributed by atoms with Crippen molar-refractivity contribution in [2.75, 3.05) is 7.11 Å². The van der Waals surface area contributed by atoms with Gasteiger partial charge in [0.15, 0.2) is 16.7 Å². The Morgan fingerprint density at radius 1 is 1.00 bits per heavy atom. The van der Waals surface area contributed by atoms with Crippen molar-refractivity contribution in [1.82, 2.24) is 4.90 Å². The first-order valence-electron chi connectivity index (χ1n) is 13.5. The van der Waals surface area contributed by atoms with E-state index in [0.717, 1.165) is 51.4 Å². The summed E-state index contributed by atoms with van der Waals surface area (Å²) in [6.45, 7) is 0.454. The van der Waals surface area contributed by atoms with E-state index < -0.39 is 0 Å². The molecule has 196 valence electrons. The molecule has 1 aliphatic heterocycles. The van der Waals surface area contributed by atoms with Gasteiger partial charge in [0.2, 0.25) is 0 Å². The van der Waals surface area contributed by atoms with E-state index in [1.807, 2.05) is 53.4 Å². The highest BCUT2D eigenvalue weighted by Crippen LogP contribution is 2.41. The number of aliphatic imine (C=N–C) groups is 1. The average Bonchev–Trinajstić information content (AvgIpc) is 3.24.